The number of ether oxygens (including phenoxy) is 1. The van der Waals surface area contributed by atoms with Crippen LogP contribution in [0.4, 0.5) is 13.2 Å². The molecule has 32 heavy (non-hydrogen) atoms. The van der Waals surface area contributed by atoms with Crippen molar-refractivity contribution in [2.24, 2.45) is 0 Å². The molecule has 170 valence electrons. The van der Waals surface area contributed by atoms with Gasteiger partial charge < -0.3 is 20.3 Å². The molecular weight excluding hydrogens is 565 g/mol. The first-order valence-electron chi connectivity index (χ1n) is 8.79. The SMILES string of the molecule is Cc1c(C[C@H](NC(=O)C(F)(F)F)C(=O)O)cc(Br)c(Oc2ccc(O)c(CC#N)c2)c1Br. The first-order valence-corrected chi connectivity index (χ1v) is 10.4. The summed E-state index contributed by atoms with van der Waals surface area (Å²) < 4.78 is 44.1. The van der Waals surface area contributed by atoms with Crippen LogP contribution in [0.2, 0.25) is 0 Å². The standard InChI is InChI=1S/C20H15Br2F3N2O5/c1-9-11(8-14(18(29)30)27-19(31)20(23,24)25)7-13(21)17(16(9)22)32-12-2-3-15(28)10(6-12)4-5-26/h2-3,6-7,14,28H,4,8H2,1H3,(H,27,31)(H,29,30)/t14-/m0/s1. The molecule has 0 saturated carbocycles. The number of halogens is 5. The minimum absolute atomic E-state index is 0.0381. The van der Waals surface area contributed by atoms with Crippen molar-refractivity contribution in [1.29, 1.82) is 5.26 Å². The molecule has 0 saturated heterocycles. The third kappa shape index (κ3) is 6.14. The van der Waals surface area contributed by atoms with Crippen molar-refractivity contribution < 1.29 is 37.7 Å². The third-order valence-electron chi connectivity index (χ3n) is 4.35. The van der Waals surface area contributed by atoms with Crippen LogP contribution in [0.1, 0.15) is 16.7 Å². The Hall–Kier alpha value is -2.78. The molecule has 1 amide bonds. The van der Waals surface area contributed by atoms with Crippen molar-refractivity contribution in [3.63, 3.8) is 0 Å². The number of benzene rings is 2. The van der Waals surface area contributed by atoms with E-state index in [1.807, 2.05) is 6.07 Å². The number of nitriles is 1. The molecule has 1 atom stereocenters. The number of aromatic hydroxyl groups is 1. The fourth-order valence-electron chi connectivity index (χ4n) is 2.68. The number of carbonyl (C=O) groups is 2. The van der Waals surface area contributed by atoms with E-state index in [0.29, 0.717) is 31.4 Å². The van der Waals surface area contributed by atoms with Gasteiger partial charge in [-0.3, -0.25) is 4.79 Å². The number of carbonyl (C=O) groups excluding carboxylic acids is 1. The van der Waals surface area contributed by atoms with E-state index in [2.05, 4.69) is 31.9 Å². The lowest BCUT2D eigenvalue weighted by Crippen LogP contribution is -2.48. The average Bonchev–Trinajstić information content (AvgIpc) is 2.70. The van der Waals surface area contributed by atoms with Gasteiger partial charge in [0, 0.05) is 12.0 Å². The molecule has 0 aliphatic carbocycles. The lowest BCUT2D eigenvalue weighted by atomic mass is 10.0. The smallest absolute Gasteiger partial charge is 0.471 e. The fraction of sp³-hybridized carbons (Fsp3) is 0.250. The second-order valence-corrected chi connectivity index (χ2v) is 8.23. The summed E-state index contributed by atoms with van der Waals surface area (Å²) in [5.74, 6) is -3.44. The molecule has 7 nitrogen and oxygen atoms in total. The quantitative estimate of drug-likeness (QED) is 0.435. The van der Waals surface area contributed by atoms with Gasteiger partial charge in [0.05, 0.1) is 21.4 Å². The molecule has 0 bridgehead atoms. The molecule has 0 aliphatic rings. The number of amides is 1. The van der Waals surface area contributed by atoms with Gasteiger partial charge in [-0.2, -0.15) is 18.4 Å². The monoisotopic (exact) mass is 578 g/mol. The summed E-state index contributed by atoms with van der Waals surface area (Å²) in [7, 11) is 0. The van der Waals surface area contributed by atoms with Crippen LogP contribution in [-0.4, -0.2) is 34.3 Å². The van der Waals surface area contributed by atoms with Crippen molar-refractivity contribution in [3.8, 4) is 23.3 Å². The number of carboxylic acids is 1. The molecule has 12 heteroatoms. The summed E-state index contributed by atoms with van der Waals surface area (Å²) in [5.41, 5.74) is 1.18. The summed E-state index contributed by atoms with van der Waals surface area (Å²) >= 11 is 6.63. The number of nitrogens with one attached hydrogen (secondary N) is 1. The van der Waals surface area contributed by atoms with Crippen LogP contribution < -0.4 is 10.1 Å². The Morgan fingerprint density at radius 1 is 1.25 bits per heavy atom. The highest BCUT2D eigenvalue weighted by atomic mass is 79.9. The van der Waals surface area contributed by atoms with E-state index in [1.165, 1.54) is 29.6 Å². The van der Waals surface area contributed by atoms with Gasteiger partial charge in [0.15, 0.2) is 5.75 Å². The van der Waals surface area contributed by atoms with Crippen LogP contribution in [-0.2, 0) is 22.4 Å². The summed E-state index contributed by atoms with van der Waals surface area (Å²) in [5, 5.41) is 29.4. The molecule has 2 aromatic carbocycles. The van der Waals surface area contributed by atoms with Crippen LogP contribution in [0.3, 0.4) is 0 Å². The van der Waals surface area contributed by atoms with E-state index in [1.54, 1.807) is 6.92 Å². The highest BCUT2D eigenvalue weighted by Gasteiger charge is 2.41. The number of alkyl halides is 3. The highest BCUT2D eigenvalue weighted by molar-refractivity contribution is 9.11. The molecule has 0 unspecified atom stereocenters. The number of phenolic OH excluding ortho intramolecular Hbond substituents is 1. The van der Waals surface area contributed by atoms with Crippen LogP contribution in [0.15, 0.2) is 33.2 Å². The molecule has 0 aliphatic heterocycles. The minimum atomic E-state index is -5.21. The topological polar surface area (TPSA) is 120 Å². The Kier molecular flexibility index (Phi) is 8.14. The van der Waals surface area contributed by atoms with Gasteiger partial charge in [0.1, 0.15) is 17.5 Å². The maximum Gasteiger partial charge on any atom is 0.471 e. The van der Waals surface area contributed by atoms with Gasteiger partial charge >= 0.3 is 18.1 Å². The summed E-state index contributed by atoms with van der Waals surface area (Å²) in [6.45, 7) is 1.60. The van der Waals surface area contributed by atoms with E-state index in [9.17, 15) is 33.0 Å². The average molecular weight is 580 g/mol. The Bertz CT molecular complexity index is 1100. The van der Waals surface area contributed by atoms with E-state index < -0.39 is 30.5 Å². The van der Waals surface area contributed by atoms with E-state index in [4.69, 9.17) is 10.00 Å². The van der Waals surface area contributed by atoms with Crippen LogP contribution in [0.5, 0.6) is 17.2 Å². The number of carboxylic acid groups (broad SMARTS) is 1. The third-order valence-corrected chi connectivity index (χ3v) is 5.90. The Balaban J connectivity index is 2.34. The fourth-order valence-corrected chi connectivity index (χ4v) is 4.05. The molecular formula is C20H15Br2F3N2O5. The lowest BCUT2D eigenvalue weighted by molar-refractivity contribution is -0.175. The van der Waals surface area contributed by atoms with Crippen molar-refractivity contribution in [3.05, 3.63) is 49.9 Å². The number of hydrogen-bond donors (Lipinski definition) is 3. The lowest BCUT2D eigenvalue weighted by Gasteiger charge is -2.19. The first kappa shape index (κ1) is 25.5. The Morgan fingerprint density at radius 3 is 2.47 bits per heavy atom. The zero-order valence-electron chi connectivity index (χ0n) is 16.3. The minimum Gasteiger partial charge on any atom is -0.508 e. The van der Waals surface area contributed by atoms with Gasteiger partial charge in [-0.25, -0.2) is 4.79 Å². The van der Waals surface area contributed by atoms with Gasteiger partial charge in [0.25, 0.3) is 0 Å². The summed E-state index contributed by atoms with van der Waals surface area (Å²) in [4.78, 5) is 22.6. The van der Waals surface area contributed by atoms with Crippen LogP contribution in [0.25, 0.3) is 0 Å². The van der Waals surface area contributed by atoms with Gasteiger partial charge in [-0.1, -0.05) is 0 Å². The number of hydrogen-bond acceptors (Lipinski definition) is 5. The molecule has 2 rings (SSSR count). The van der Waals surface area contributed by atoms with Crippen LogP contribution in [0, 0.1) is 18.3 Å². The number of aliphatic carboxylic acids is 1. The van der Waals surface area contributed by atoms with Gasteiger partial charge in [0.2, 0.25) is 0 Å². The van der Waals surface area contributed by atoms with Crippen LogP contribution >= 0.6 is 31.9 Å². The van der Waals surface area contributed by atoms with Crippen molar-refractivity contribution in [2.75, 3.05) is 0 Å². The maximum absolute atomic E-state index is 12.5. The van der Waals surface area contributed by atoms with Crippen molar-refractivity contribution in [2.45, 2.75) is 32.0 Å². The van der Waals surface area contributed by atoms with E-state index >= 15 is 0 Å². The molecule has 0 heterocycles. The number of phenols is 1. The van der Waals surface area contributed by atoms with E-state index in [-0.39, 0.29) is 17.9 Å². The molecule has 0 radical (unpaired) electrons. The van der Waals surface area contributed by atoms with Crippen molar-refractivity contribution >= 4 is 43.7 Å². The second kappa shape index (κ2) is 10.2. The largest absolute Gasteiger partial charge is 0.508 e. The van der Waals surface area contributed by atoms with Crippen molar-refractivity contribution in [1.82, 2.24) is 5.32 Å². The maximum atomic E-state index is 12.5. The normalized spacial score (nSPS) is 12.0. The second-order valence-electron chi connectivity index (χ2n) is 6.58. The number of rotatable bonds is 7. The predicted molar refractivity (Wildman–Crippen MR) is 113 cm³/mol. The molecule has 0 aromatic heterocycles. The zero-order valence-corrected chi connectivity index (χ0v) is 19.4. The molecule has 3 N–H and O–H groups in total. The summed E-state index contributed by atoms with van der Waals surface area (Å²) in [6, 6.07) is 5.91. The Labute approximate surface area is 197 Å². The Morgan fingerprint density at radius 2 is 1.91 bits per heavy atom. The molecule has 2 aromatic rings. The predicted octanol–water partition coefficient (Wildman–Crippen LogP) is 4.76. The van der Waals surface area contributed by atoms with Gasteiger partial charge in [-0.15, -0.1) is 0 Å². The number of nitrogens with zero attached hydrogens (tertiary/aromatic N) is 1. The van der Waals surface area contributed by atoms with Gasteiger partial charge in [-0.05, 0) is 74.2 Å². The highest BCUT2D eigenvalue weighted by Crippen LogP contribution is 2.41. The molecule has 0 spiro atoms. The zero-order chi connectivity index (χ0) is 24.2. The molecule has 0 fully saturated rings. The first-order chi connectivity index (χ1) is 14.8. The summed E-state index contributed by atoms with van der Waals surface area (Å²) in [6.07, 6.45) is -5.66. The van der Waals surface area contributed by atoms with E-state index in [0.717, 1.165) is 0 Å².